The number of ketones is 1. The molecule has 4 rings (SSSR count). The molecule has 0 radical (unpaired) electrons. The van der Waals surface area contributed by atoms with Crippen molar-refractivity contribution in [3.05, 3.63) is 75.9 Å². The van der Waals surface area contributed by atoms with Crippen molar-refractivity contribution in [3.63, 3.8) is 0 Å². The van der Waals surface area contributed by atoms with Crippen LogP contribution in [0.5, 0.6) is 0 Å². The number of nitrogens with zero attached hydrogens (tertiary/aromatic N) is 1. The van der Waals surface area contributed by atoms with Gasteiger partial charge in [-0.15, -0.1) is 0 Å². The van der Waals surface area contributed by atoms with Gasteiger partial charge < -0.3 is 19.9 Å². The molecule has 2 N–H and O–H groups in total. The van der Waals surface area contributed by atoms with E-state index in [1.165, 1.54) is 18.2 Å². The number of rotatable bonds is 5. The van der Waals surface area contributed by atoms with Gasteiger partial charge in [0.15, 0.2) is 0 Å². The molecular formula is C25H25BFN3O4. The van der Waals surface area contributed by atoms with E-state index >= 15 is 0 Å². The first kappa shape index (κ1) is 23.4. The first-order chi connectivity index (χ1) is 16.1. The van der Waals surface area contributed by atoms with E-state index in [1.807, 2.05) is 12.9 Å². The summed E-state index contributed by atoms with van der Waals surface area (Å²) in [4.78, 5) is 38.9. The highest BCUT2D eigenvalue weighted by molar-refractivity contribution is 6.67. The summed E-state index contributed by atoms with van der Waals surface area (Å²) in [6.07, 6.45) is 0. The number of aromatic nitrogens is 1. The smallest absolute Gasteiger partial charge is 0.324 e. The number of Topliss-reactive ketones (excluding diaryl/α,β-unsaturated/α-hetero) is 1. The number of carbonyl (C=O) groups excluding carboxylic acids is 3. The number of halogens is 1. The predicted molar refractivity (Wildman–Crippen MR) is 129 cm³/mol. The average Bonchev–Trinajstić information content (AvgIpc) is 3.26. The van der Waals surface area contributed by atoms with Gasteiger partial charge in [-0.1, -0.05) is 12.9 Å². The van der Waals surface area contributed by atoms with Crippen LogP contribution in [0.15, 0.2) is 36.4 Å². The lowest BCUT2D eigenvalue weighted by atomic mass is 9.64. The van der Waals surface area contributed by atoms with Crippen LogP contribution < -0.4 is 16.1 Å². The first-order valence-electron chi connectivity index (χ1n) is 10.9. The van der Waals surface area contributed by atoms with E-state index in [0.29, 0.717) is 40.4 Å². The SMILES string of the molecule is CB1OCc2cc(NC(=O)C(=O)c3c(C)c(C(=O)Nc4ccc(F)c(C)c4)c(C)n3C)ccc21. The van der Waals surface area contributed by atoms with E-state index in [-0.39, 0.29) is 18.4 Å². The average molecular weight is 461 g/mol. The molecule has 2 heterocycles. The van der Waals surface area contributed by atoms with Crippen LogP contribution >= 0.6 is 0 Å². The summed E-state index contributed by atoms with van der Waals surface area (Å²) in [5.74, 6) is -2.35. The van der Waals surface area contributed by atoms with Gasteiger partial charge in [-0.05, 0) is 73.3 Å². The van der Waals surface area contributed by atoms with Crippen LogP contribution in [0, 0.1) is 26.6 Å². The second kappa shape index (κ2) is 8.91. The van der Waals surface area contributed by atoms with E-state index < -0.39 is 17.6 Å². The molecule has 0 aliphatic carbocycles. The molecule has 0 unspecified atom stereocenters. The highest BCUT2D eigenvalue weighted by Crippen LogP contribution is 2.24. The molecule has 0 saturated carbocycles. The Morgan fingerprint density at radius 1 is 1.03 bits per heavy atom. The summed E-state index contributed by atoms with van der Waals surface area (Å²) in [6.45, 7) is 7.35. The fourth-order valence-electron chi connectivity index (χ4n) is 4.36. The summed E-state index contributed by atoms with van der Waals surface area (Å²) in [5.41, 5.74) is 4.73. The number of aryl methyl sites for hydroxylation is 1. The lowest BCUT2D eigenvalue weighted by Gasteiger charge is -2.08. The topological polar surface area (TPSA) is 89.4 Å². The summed E-state index contributed by atoms with van der Waals surface area (Å²) >= 11 is 0. The molecule has 174 valence electrons. The minimum atomic E-state index is -0.795. The minimum Gasteiger partial charge on any atom is -0.427 e. The van der Waals surface area contributed by atoms with Gasteiger partial charge in [0, 0.05) is 24.1 Å². The largest absolute Gasteiger partial charge is 0.427 e. The molecule has 34 heavy (non-hydrogen) atoms. The molecule has 0 fully saturated rings. The van der Waals surface area contributed by atoms with Crippen molar-refractivity contribution < 1.29 is 23.4 Å². The first-order valence-corrected chi connectivity index (χ1v) is 10.9. The van der Waals surface area contributed by atoms with Crippen LogP contribution in [-0.2, 0) is 23.1 Å². The zero-order chi connectivity index (χ0) is 24.7. The van der Waals surface area contributed by atoms with Crippen molar-refractivity contribution >= 4 is 41.4 Å². The fraction of sp³-hybridized carbons (Fsp3) is 0.240. The molecule has 1 aliphatic heterocycles. The number of anilines is 2. The number of fused-ring (bicyclic) bond motifs is 1. The fourth-order valence-corrected chi connectivity index (χ4v) is 4.36. The molecule has 1 aliphatic rings. The van der Waals surface area contributed by atoms with Gasteiger partial charge in [0.05, 0.1) is 17.9 Å². The maximum atomic E-state index is 13.5. The molecule has 7 nitrogen and oxygen atoms in total. The zero-order valence-corrected chi connectivity index (χ0v) is 19.7. The number of hydrogen-bond donors (Lipinski definition) is 2. The second-order valence-electron chi connectivity index (χ2n) is 8.56. The third-order valence-electron chi connectivity index (χ3n) is 6.32. The van der Waals surface area contributed by atoms with Crippen LogP contribution in [0.3, 0.4) is 0 Å². The predicted octanol–water partition coefficient (Wildman–Crippen LogP) is 3.52. The van der Waals surface area contributed by atoms with Gasteiger partial charge in [-0.25, -0.2) is 4.39 Å². The molecule has 0 spiro atoms. The van der Waals surface area contributed by atoms with Gasteiger partial charge in [0.25, 0.3) is 17.6 Å². The number of amides is 2. The second-order valence-corrected chi connectivity index (χ2v) is 8.56. The summed E-state index contributed by atoms with van der Waals surface area (Å²) in [5, 5.41) is 5.40. The number of benzene rings is 2. The van der Waals surface area contributed by atoms with Gasteiger partial charge in [-0.2, -0.15) is 0 Å². The summed E-state index contributed by atoms with van der Waals surface area (Å²) < 4.78 is 20.7. The van der Waals surface area contributed by atoms with E-state index in [4.69, 9.17) is 4.65 Å². The standard InChI is InChI=1S/C25H25BFN3O4/c1-13-10-17(7-9-20(13)27)28-24(32)21-14(2)22(30(5)15(21)3)23(31)25(33)29-18-6-8-19-16(11-18)12-34-26(19)4/h6-11H,12H2,1-5H3,(H,28,32)(H,29,33). The maximum Gasteiger partial charge on any atom is 0.324 e. The Balaban J connectivity index is 1.56. The van der Waals surface area contributed by atoms with Crippen molar-refractivity contribution in [2.75, 3.05) is 10.6 Å². The monoisotopic (exact) mass is 461 g/mol. The van der Waals surface area contributed by atoms with Crippen LogP contribution in [0.25, 0.3) is 0 Å². The Kier molecular flexibility index (Phi) is 6.14. The molecule has 1 aromatic heterocycles. The van der Waals surface area contributed by atoms with Gasteiger partial charge in [0.2, 0.25) is 0 Å². The number of hydrogen-bond acceptors (Lipinski definition) is 4. The number of nitrogens with one attached hydrogen (secondary N) is 2. The molecule has 9 heteroatoms. The van der Waals surface area contributed by atoms with E-state index in [1.54, 1.807) is 44.5 Å². The zero-order valence-electron chi connectivity index (χ0n) is 19.7. The van der Waals surface area contributed by atoms with Crippen molar-refractivity contribution in [3.8, 4) is 0 Å². The molecule has 2 amide bonds. The van der Waals surface area contributed by atoms with Gasteiger partial charge >= 0.3 is 6.92 Å². The van der Waals surface area contributed by atoms with Crippen molar-refractivity contribution in [1.82, 2.24) is 4.57 Å². The Bertz CT molecular complexity index is 1350. The van der Waals surface area contributed by atoms with Gasteiger partial charge in [-0.3, -0.25) is 14.4 Å². The third-order valence-corrected chi connectivity index (χ3v) is 6.32. The lowest BCUT2D eigenvalue weighted by molar-refractivity contribution is -0.112. The molecule has 0 saturated heterocycles. The van der Waals surface area contributed by atoms with Crippen LogP contribution in [0.1, 0.15) is 43.2 Å². The van der Waals surface area contributed by atoms with E-state index in [9.17, 15) is 18.8 Å². The Hall–Kier alpha value is -3.72. The summed E-state index contributed by atoms with van der Waals surface area (Å²) in [7, 11) is 1.63. The highest BCUT2D eigenvalue weighted by Gasteiger charge is 2.29. The van der Waals surface area contributed by atoms with Crippen molar-refractivity contribution in [2.45, 2.75) is 34.2 Å². The minimum absolute atomic E-state index is 0.00114. The summed E-state index contributed by atoms with van der Waals surface area (Å²) in [6, 6.07) is 9.70. The molecule has 0 bridgehead atoms. The van der Waals surface area contributed by atoms with E-state index in [2.05, 4.69) is 10.6 Å². The maximum absolute atomic E-state index is 13.5. The third kappa shape index (κ3) is 4.14. The molecular weight excluding hydrogens is 436 g/mol. The van der Waals surface area contributed by atoms with Crippen LogP contribution in [0.2, 0.25) is 6.82 Å². The lowest BCUT2D eigenvalue weighted by Crippen LogP contribution is -2.27. The van der Waals surface area contributed by atoms with Crippen molar-refractivity contribution in [2.24, 2.45) is 7.05 Å². The molecule has 0 atom stereocenters. The molecule has 2 aromatic carbocycles. The van der Waals surface area contributed by atoms with E-state index in [0.717, 1.165) is 11.0 Å². The van der Waals surface area contributed by atoms with Crippen LogP contribution in [-0.4, -0.2) is 29.1 Å². The normalized spacial score (nSPS) is 12.5. The highest BCUT2D eigenvalue weighted by atomic mass is 19.1. The Labute approximate surface area is 197 Å². The van der Waals surface area contributed by atoms with Crippen molar-refractivity contribution in [1.29, 1.82) is 0 Å². The van der Waals surface area contributed by atoms with Gasteiger partial charge in [0.1, 0.15) is 5.82 Å². The molecule has 3 aromatic rings. The number of carbonyl (C=O) groups is 3. The van der Waals surface area contributed by atoms with Crippen LogP contribution in [0.4, 0.5) is 15.8 Å². The Morgan fingerprint density at radius 2 is 1.71 bits per heavy atom. The quantitative estimate of drug-likeness (QED) is 0.346. The Morgan fingerprint density at radius 3 is 2.41 bits per heavy atom.